The molecule has 2 spiro atoms. The van der Waals surface area contributed by atoms with Gasteiger partial charge in [-0.15, -0.1) is 0 Å². The van der Waals surface area contributed by atoms with Crippen LogP contribution in [0, 0.1) is 23.7 Å². The highest BCUT2D eigenvalue weighted by atomic mass is 28.4. The molecule has 16 atom stereocenters. The molecule has 0 aromatic rings. The van der Waals surface area contributed by atoms with Gasteiger partial charge < -0.3 is 71.5 Å². The van der Waals surface area contributed by atoms with Crippen LogP contribution in [0.3, 0.4) is 0 Å². The third-order valence-corrected chi connectivity index (χ3v) is 21.8. The molecule has 4 rings (SSSR count). The largest absolute Gasteiger partial charge is 0.467 e. The smallest absolute Gasteiger partial charge is 0.341 e. The Kier molecular flexibility index (Phi) is 28.4. The number of esters is 2. The van der Waals surface area contributed by atoms with Crippen LogP contribution in [0.1, 0.15) is 180 Å². The Bertz CT molecular complexity index is 2000. The molecule has 2 N–H and O–H groups in total. The average molecular weight is 1170 g/mol. The fraction of sp³-hybridized carbons (Fsp3) is 0.841. The number of carbonyl (C=O) groups excluding carboxylic acids is 2. The van der Waals surface area contributed by atoms with Gasteiger partial charge in [-0.3, -0.25) is 0 Å². The second-order valence-electron chi connectivity index (χ2n) is 25.9. The fourth-order valence-corrected chi connectivity index (χ4v) is 12.7. The predicted molar refractivity (Wildman–Crippen MR) is 314 cm³/mol. The lowest BCUT2D eigenvalue weighted by Crippen LogP contribution is -2.58. The molecule has 5 unspecified atom stereocenters. The first-order chi connectivity index (χ1) is 38.0. The average Bonchev–Trinajstić information content (AvgIpc) is 3.99. The molecule has 0 amide bonds. The quantitative estimate of drug-likeness (QED) is 0.0272. The summed E-state index contributed by atoms with van der Waals surface area (Å²) in [6, 6.07) is 0. The summed E-state index contributed by atoms with van der Waals surface area (Å²) in [7, 11) is 2.70. The van der Waals surface area contributed by atoms with Crippen molar-refractivity contribution >= 4 is 20.3 Å². The summed E-state index contributed by atoms with van der Waals surface area (Å²) in [6.45, 7) is 30.6. The summed E-state index contributed by atoms with van der Waals surface area (Å²) in [5, 5.41) is 23.4. The number of hydrogen-bond acceptors (Lipinski definition) is 17. The van der Waals surface area contributed by atoms with E-state index < -0.39 is 86.1 Å². The molecule has 17 nitrogen and oxygen atoms in total. The van der Waals surface area contributed by atoms with Crippen molar-refractivity contribution in [2.75, 3.05) is 34.9 Å². The second kappa shape index (κ2) is 32.4. The third-order valence-electron chi connectivity index (χ3n) is 17.2. The van der Waals surface area contributed by atoms with Gasteiger partial charge in [-0.2, -0.15) is 0 Å². The lowest BCUT2D eigenvalue weighted by molar-refractivity contribution is -0.322. The summed E-state index contributed by atoms with van der Waals surface area (Å²) in [5.41, 5.74) is 0. The molecule has 4 fully saturated rings. The van der Waals surface area contributed by atoms with Gasteiger partial charge in [0.2, 0.25) is 23.8 Å². The molecule has 468 valence electrons. The van der Waals surface area contributed by atoms with E-state index in [1.165, 1.54) is 7.11 Å². The Morgan fingerprint density at radius 1 is 0.593 bits per heavy atom. The lowest BCUT2D eigenvalue weighted by atomic mass is 9.81. The summed E-state index contributed by atoms with van der Waals surface area (Å²) < 4.78 is 78.8. The van der Waals surface area contributed by atoms with E-state index >= 15 is 0 Å². The van der Waals surface area contributed by atoms with Gasteiger partial charge in [0.25, 0.3) is 0 Å². The summed E-state index contributed by atoms with van der Waals surface area (Å²) >= 11 is 0. The van der Waals surface area contributed by atoms with Crippen LogP contribution in [-0.4, -0.2) is 150 Å². The normalized spacial score (nSPS) is 30.1. The number of carbonyl (C=O) groups is 2. The molecule has 4 heterocycles. The Hall–Kier alpha value is -2.40. The molecule has 0 radical (unpaired) electrons. The van der Waals surface area contributed by atoms with E-state index in [0.717, 1.165) is 25.7 Å². The highest BCUT2D eigenvalue weighted by Gasteiger charge is 2.65. The van der Waals surface area contributed by atoms with Crippen molar-refractivity contribution in [2.45, 2.75) is 282 Å². The van der Waals surface area contributed by atoms with E-state index in [9.17, 15) is 19.8 Å². The minimum absolute atomic E-state index is 0.0918. The molecule has 0 bridgehead atoms. The second-order valence-corrected chi connectivity index (χ2v) is 30.7. The van der Waals surface area contributed by atoms with E-state index in [2.05, 4.69) is 71.2 Å². The predicted octanol–water partition coefficient (Wildman–Crippen LogP) is 11.9. The Morgan fingerprint density at radius 2 is 0.975 bits per heavy atom. The van der Waals surface area contributed by atoms with Crippen LogP contribution < -0.4 is 0 Å². The molecule has 4 aliphatic heterocycles. The van der Waals surface area contributed by atoms with Crippen LogP contribution in [-0.2, 0) is 70.9 Å². The first-order valence-corrected chi connectivity index (χ1v) is 33.2. The lowest BCUT2D eigenvalue weighted by Gasteiger charge is -2.46. The maximum atomic E-state index is 14.1. The molecule has 0 saturated carbocycles. The van der Waals surface area contributed by atoms with Gasteiger partial charge in [0, 0.05) is 44.0 Å². The molecule has 0 aromatic carbocycles. The van der Waals surface area contributed by atoms with Crippen molar-refractivity contribution in [3.05, 3.63) is 48.6 Å². The third kappa shape index (κ3) is 20.9. The maximum absolute atomic E-state index is 14.1. The van der Waals surface area contributed by atoms with E-state index in [1.807, 2.05) is 52.8 Å². The molecule has 81 heavy (non-hydrogen) atoms. The maximum Gasteiger partial charge on any atom is 0.341 e. The van der Waals surface area contributed by atoms with Crippen molar-refractivity contribution < 1.29 is 81.1 Å². The zero-order chi connectivity index (χ0) is 60.4. The molecular weight excluding hydrogens is 1060 g/mol. The van der Waals surface area contributed by atoms with Crippen LogP contribution in [0.2, 0.25) is 18.1 Å². The van der Waals surface area contributed by atoms with Gasteiger partial charge in [-0.1, -0.05) is 97.1 Å². The van der Waals surface area contributed by atoms with Crippen molar-refractivity contribution in [3.63, 3.8) is 0 Å². The van der Waals surface area contributed by atoms with E-state index in [4.69, 9.17) is 61.3 Å². The molecule has 4 saturated heterocycles. The number of allylic oxidation sites excluding steroid dienone is 8. The number of rotatable bonds is 33. The zero-order valence-electron chi connectivity index (χ0n) is 53.0. The molecule has 4 aliphatic rings. The van der Waals surface area contributed by atoms with Crippen molar-refractivity contribution in [1.29, 1.82) is 0 Å². The minimum atomic E-state index is -1.79. The van der Waals surface area contributed by atoms with Gasteiger partial charge >= 0.3 is 11.9 Å². The summed E-state index contributed by atoms with van der Waals surface area (Å²) in [4.78, 5) is 26.9. The van der Waals surface area contributed by atoms with Gasteiger partial charge in [-0.25, -0.2) is 9.59 Å². The molecular formula is C63H110O17Si. The van der Waals surface area contributed by atoms with Crippen LogP contribution in [0.5, 0.6) is 0 Å². The zero-order valence-corrected chi connectivity index (χ0v) is 54.0. The number of methoxy groups -OCH3 is 3. The van der Waals surface area contributed by atoms with Crippen LogP contribution in [0.4, 0.5) is 0 Å². The highest BCUT2D eigenvalue weighted by molar-refractivity contribution is 6.74. The Labute approximate surface area is 488 Å². The standard InChI is InChI=1S/C63H110O17Si/c1-43-35-37-53(74-62(43)55(57(66)70-16)76-60(10,11)79-62)47(5)51(64)39-49(71-41-68-14)33-29-25-21-19-23-27-31-45(3)73-58(67)56-63(80-61(12,13)77-56)44(2)36-38-54(75-63)48(6)52(65)40-50(72-42-69-15)34-30-26-22-20-24-28-32-46(4)78-81(17,18)59(7,8)9/h19-26,43-56,64-65H,27-42H2,1-18H3/b23-19-,24-20-,25-21+,26-22+/t43-,44?,45+,46+,47-,48-,49+,50+,51?,52?,53+,54+,55?,56?,62+,63+/m1/s1. The van der Waals surface area contributed by atoms with Crippen molar-refractivity contribution in [3.8, 4) is 0 Å². The van der Waals surface area contributed by atoms with E-state index in [-0.39, 0.29) is 60.6 Å². The van der Waals surface area contributed by atoms with Crippen molar-refractivity contribution in [2.24, 2.45) is 23.7 Å². The highest BCUT2D eigenvalue weighted by Crippen LogP contribution is 2.51. The molecule has 0 aliphatic carbocycles. The first-order valence-electron chi connectivity index (χ1n) is 30.2. The number of hydrogen-bond donors (Lipinski definition) is 2. The monoisotopic (exact) mass is 1170 g/mol. The SMILES string of the molecule is COCO[C@@H](CC/C=C/C=C\CC[C@H](C)O[Si](C)(C)C(C)(C)C)CC(O)[C@@H](C)[C@@H]1CCC(C)[C@]2(O1)OC(C)(C)OC2C(=O)O[C@@H](C)CC/C=C\C=C\CC[C@@H](CC(O)[C@@H](C)[C@@H]1CC[C@@H](C)[C@]2(O1)OC(C)(C)OC2C(=O)OC)OCOC. The van der Waals surface area contributed by atoms with Crippen LogP contribution in [0.25, 0.3) is 0 Å². The number of aliphatic hydroxyl groups excluding tert-OH is 2. The molecule has 18 heteroatoms. The Morgan fingerprint density at radius 3 is 1.36 bits per heavy atom. The van der Waals surface area contributed by atoms with Gasteiger partial charge in [0.1, 0.15) is 13.6 Å². The summed E-state index contributed by atoms with van der Waals surface area (Å²) in [5.74, 6) is -6.92. The first kappa shape index (κ1) is 71.1. The fourth-order valence-electron chi connectivity index (χ4n) is 11.2. The van der Waals surface area contributed by atoms with E-state index in [1.54, 1.807) is 41.9 Å². The van der Waals surface area contributed by atoms with Crippen LogP contribution in [0.15, 0.2) is 48.6 Å². The van der Waals surface area contributed by atoms with Crippen molar-refractivity contribution in [1.82, 2.24) is 0 Å². The van der Waals surface area contributed by atoms with Crippen LogP contribution >= 0.6 is 0 Å². The van der Waals surface area contributed by atoms with Gasteiger partial charge in [0.05, 0.1) is 49.8 Å². The number of ether oxygens (including phenoxy) is 12. The Balaban J connectivity index is 1.24. The number of aliphatic hydroxyl groups is 2. The summed E-state index contributed by atoms with van der Waals surface area (Å²) in [6.07, 6.45) is 20.9. The minimum Gasteiger partial charge on any atom is -0.467 e. The molecule has 0 aromatic heterocycles. The van der Waals surface area contributed by atoms with E-state index in [0.29, 0.717) is 64.2 Å². The van der Waals surface area contributed by atoms with Gasteiger partial charge in [-0.05, 0) is 150 Å². The topological polar surface area (TPSA) is 195 Å². The van der Waals surface area contributed by atoms with Gasteiger partial charge in [0.15, 0.2) is 19.9 Å².